The third kappa shape index (κ3) is 6.97. The molecule has 2 aromatic heterocycles. The Kier molecular flexibility index (Phi) is 9.35. The van der Waals surface area contributed by atoms with Gasteiger partial charge in [-0.15, -0.1) is 11.3 Å². The van der Waals surface area contributed by atoms with Gasteiger partial charge in [-0.3, -0.25) is 18.7 Å². The number of carbonyl (C=O) groups is 2. The summed E-state index contributed by atoms with van der Waals surface area (Å²) < 4.78 is 13.4. The second kappa shape index (κ2) is 12.5. The maximum absolute atomic E-state index is 13.0. The van der Waals surface area contributed by atoms with E-state index in [-0.39, 0.29) is 42.4 Å². The molecule has 0 bridgehead atoms. The van der Waals surface area contributed by atoms with E-state index in [4.69, 9.17) is 14.5 Å². The van der Waals surface area contributed by atoms with Gasteiger partial charge in [0.2, 0.25) is 5.91 Å². The van der Waals surface area contributed by atoms with E-state index in [9.17, 15) is 14.4 Å². The van der Waals surface area contributed by atoms with Crippen LogP contribution in [0.4, 0.5) is 0 Å². The fourth-order valence-corrected chi connectivity index (χ4v) is 6.29. The van der Waals surface area contributed by atoms with Crippen LogP contribution in [0.1, 0.15) is 84.0 Å². The standard InChI is InChI=1S/C32H44N4O5S/c1-9-41-27(38)19-36-15-14-35(30(36)39)18-26(37)34-12-10-21(11-13-34)25-20-42-29(33-25)22-16-23(31(2,3)4)28(40-8)24(17-22)32(5,6)7/h14-17,20-21H,9-13,18-19H2,1-8H3. The molecular weight excluding hydrogens is 552 g/mol. The third-order valence-corrected chi connectivity index (χ3v) is 8.68. The Morgan fingerprint density at radius 3 is 2.07 bits per heavy atom. The average molecular weight is 597 g/mol. The molecule has 1 aliphatic rings. The van der Waals surface area contributed by atoms with Crippen LogP contribution in [-0.4, -0.2) is 57.7 Å². The van der Waals surface area contributed by atoms with Crippen molar-refractivity contribution >= 4 is 23.2 Å². The van der Waals surface area contributed by atoms with Crippen LogP contribution in [0.5, 0.6) is 5.75 Å². The Balaban J connectivity index is 1.44. The van der Waals surface area contributed by atoms with Crippen LogP contribution >= 0.6 is 11.3 Å². The van der Waals surface area contributed by atoms with Crippen LogP contribution in [-0.2, 0) is 38.2 Å². The van der Waals surface area contributed by atoms with Crippen molar-refractivity contribution in [2.45, 2.75) is 91.1 Å². The van der Waals surface area contributed by atoms with Crippen molar-refractivity contribution in [2.24, 2.45) is 0 Å². The van der Waals surface area contributed by atoms with E-state index in [2.05, 4.69) is 59.1 Å². The first-order valence-corrected chi connectivity index (χ1v) is 15.5. The minimum atomic E-state index is -0.479. The van der Waals surface area contributed by atoms with E-state index < -0.39 is 11.7 Å². The molecule has 3 heterocycles. The number of thiazole rings is 1. The largest absolute Gasteiger partial charge is 0.496 e. The van der Waals surface area contributed by atoms with Crippen molar-refractivity contribution in [1.82, 2.24) is 19.0 Å². The summed E-state index contributed by atoms with van der Waals surface area (Å²) in [6.45, 7) is 16.2. The quantitative estimate of drug-likeness (QED) is 0.326. The minimum absolute atomic E-state index is 0.0517. The molecule has 1 aromatic carbocycles. The zero-order chi connectivity index (χ0) is 30.8. The van der Waals surface area contributed by atoms with E-state index >= 15 is 0 Å². The summed E-state index contributed by atoms with van der Waals surface area (Å²) in [6.07, 6.45) is 4.68. The van der Waals surface area contributed by atoms with Gasteiger partial charge in [0.15, 0.2) is 0 Å². The van der Waals surface area contributed by atoms with Gasteiger partial charge in [0, 0.05) is 53.5 Å². The minimum Gasteiger partial charge on any atom is -0.496 e. The molecule has 0 spiro atoms. The van der Waals surface area contributed by atoms with Gasteiger partial charge in [-0.2, -0.15) is 0 Å². The van der Waals surface area contributed by atoms with Crippen molar-refractivity contribution in [2.75, 3.05) is 26.8 Å². The monoisotopic (exact) mass is 596 g/mol. The van der Waals surface area contributed by atoms with Crippen LogP contribution in [0.25, 0.3) is 10.6 Å². The molecule has 0 unspecified atom stereocenters. The van der Waals surface area contributed by atoms with E-state index in [1.807, 2.05) is 4.90 Å². The van der Waals surface area contributed by atoms with Gasteiger partial charge in [-0.1, -0.05) is 41.5 Å². The Hall–Kier alpha value is -3.40. The molecule has 4 rings (SSSR count). The number of imidazole rings is 1. The molecule has 1 amide bonds. The van der Waals surface area contributed by atoms with E-state index in [1.165, 1.54) is 26.5 Å². The van der Waals surface area contributed by atoms with Crippen molar-refractivity contribution in [3.63, 3.8) is 0 Å². The van der Waals surface area contributed by atoms with Crippen LogP contribution < -0.4 is 10.4 Å². The number of amides is 1. The van der Waals surface area contributed by atoms with Crippen molar-refractivity contribution in [3.05, 3.63) is 57.2 Å². The number of benzene rings is 1. The number of ether oxygens (including phenoxy) is 2. The highest BCUT2D eigenvalue weighted by Gasteiger charge is 2.30. The maximum Gasteiger partial charge on any atom is 0.329 e. The highest BCUT2D eigenvalue weighted by atomic mass is 32.1. The topological polar surface area (TPSA) is 95.7 Å². The Bertz CT molecular complexity index is 1440. The second-order valence-corrected chi connectivity index (χ2v) is 13.8. The zero-order valence-electron chi connectivity index (χ0n) is 26.2. The number of carbonyl (C=O) groups excluding carboxylic acids is 2. The number of likely N-dealkylation sites (tertiary alicyclic amines) is 1. The molecule has 42 heavy (non-hydrogen) atoms. The predicted octanol–water partition coefficient (Wildman–Crippen LogP) is 5.35. The number of rotatable bonds is 8. The Morgan fingerprint density at radius 1 is 0.976 bits per heavy atom. The average Bonchev–Trinajstić information content (AvgIpc) is 3.55. The van der Waals surface area contributed by atoms with Crippen molar-refractivity contribution in [3.8, 4) is 16.3 Å². The lowest BCUT2D eigenvalue weighted by atomic mass is 9.78. The van der Waals surface area contributed by atoms with Crippen LogP contribution in [0.15, 0.2) is 34.7 Å². The van der Waals surface area contributed by atoms with Gasteiger partial charge in [0.05, 0.1) is 19.4 Å². The molecule has 0 radical (unpaired) electrons. The van der Waals surface area contributed by atoms with Gasteiger partial charge >= 0.3 is 11.7 Å². The van der Waals surface area contributed by atoms with Gasteiger partial charge in [-0.05, 0) is 42.7 Å². The number of hydrogen-bond donors (Lipinski definition) is 0. The van der Waals surface area contributed by atoms with Crippen molar-refractivity contribution < 1.29 is 19.1 Å². The van der Waals surface area contributed by atoms with Gasteiger partial charge in [0.25, 0.3) is 0 Å². The van der Waals surface area contributed by atoms with Gasteiger partial charge in [0.1, 0.15) is 23.8 Å². The molecule has 1 saturated heterocycles. The number of piperidine rings is 1. The molecule has 0 saturated carbocycles. The number of hydrogen-bond acceptors (Lipinski definition) is 7. The summed E-state index contributed by atoms with van der Waals surface area (Å²) in [5.41, 5.74) is 3.95. The summed E-state index contributed by atoms with van der Waals surface area (Å²) in [5.74, 6) is 0.638. The first-order chi connectivity index (χ1) is 19.7. The third-order valence-electron chi connectivity index (χ3n) is 7.77. The summed E-state index contributed by atoms with van der Waals surface area (Å²) in [7, 11) is 1.75. The van der Waals surface area contributed by atoms with Gasteiger partial charge < -0.3 is 14.4 Å². The first kappa shape index (κ1) is 31.5. The number of methoxy groups -OCH3 is 1. The molecule has 9 nitrogen and oxygen atoms in total. The van der Waals surface area contributed by atoms with Crippen LogP contribution in [0.3, 0.4) is 0 Å². The Morgan fingerprint density at radius 2 is 1.55 bits per heavy atom. The lowest BCUT2D eigenvalue weighted by Crippen LogP contribution is -2.41. The highest BCUT2D eigenvalue weighted by Crippen LogP contribution is 2.43. The van der Waals surface area contributed by atoms with Crippen LogP contribution in [0, 0.1) is 0 Å². The van der Waals surface area contributed by atoms with E-state index in [0.29, 0.717) is 13.1 Å². The fraction of sp³-hybridized carbons (Fsp3) is 0.562. The number of esters is 1. The van der Waals surface area contributed by atoms with Crippen LogP contribution in [0.2, 0.25) is 0 Å². The predicted molar refractivity (Wildman–Crippen MR) is 165 cm³/mol. The highest BCUT2D eigenvalue weighted by molar-refractivity contribution is 7.13. The Labute approximate surface area is 252 Å². The fourth-order valence-electron chi connectivity index (χ4n) is 5.40. The van der Waals surface area contributed by atoms with E-state index in [1.54, 1.807) is 31.6 Å². The molecule has 1 fully saturated rings. The molecule has 3 aromatic rings. The SMILES string of the molecule is CCOC(=O)Cn1ccn(CC(=O)N2CCC(c3csc(-c4cc(C(C)(C)C)c(OC)c(C(C)(C)C)c4)n3)CC2)c1=O. The molecular formula is C32H44N4O5S. The molecule has 10 heteroatoms. The van der Waals surface area contributed by atoms with Gasteiger partial charge in [-0.25, -0.2) is 9.78 Å². The first-order valence-electron chi connectivity index (χ1n) is 14.6. The number of nitrogens with zero attached hydrogens (tertiary/aromatic N) is 4. The number of aromatic nitrogens is 3. The normalized spacial score (nSPS) is 14.7. The summed E-state index contributed by atoms with van der Waals surface area (Å²) in [5, 5.41) is 3.15. The maximum atomic E-state index is 13.0. The smallest absolute Gasteiger partial charge is 0.329 e. The molecule has 228 valence electrons. The zero-order valence-corrected chi connectivity index (χ0v) is 27.0. The molecule has 0 aliphatic carbocycles. The summed E-state index contributed by atoms with van der Waals surface area (Å²) in [4.78, 5) is 44.2. The van der Waals surface area contributed by atoms with E-state index in [0.717, 1.165) is 34.9 Å². The summed E-state index contributed by atoms with van der Waals surface area (Å²) in [6, 6.07) is 4.44. The lowest BCUT2D eigenvalue weighted by molar-refractivity contribution is -0.143. The van der Waals surface area contributed by atoms with Crippen molar-refractivity contribution in [1.29, 1.82) is 0 Å². The molecule has 0 N–H and O–H groups in total. The lowest BCUT2D eigenvalue weighted by Gasteiger charge is -2.31. The second-order valence-electron chi connectivity index (χ2n) is 13.0. The molecule has 0 atom stereocenters. The summed E-state index contributed by atoms with van der Waals surface area (Å²) >= 11 is 1.66. The molecule has 1 aliphatic heterocycles.